The van der Waals surface area contributed by atoms with E-state index in [1.807, 2.05) is 69.3 Å². The van der Waals surface area contributed by atoms with Gasteiger partial charge in [0.25, 0.3) is 0 Å². The van der Waals surface area contributed by atoms with Gasteiger partial charge in [-0.15, -0.1) is 0 Å². The number of aromatic amines is 1. The minimum atomic E-state index is -3.36. The molecule has 0 saturated heterocycles. The van der Waals surface area contributed by atoms with Crippen molar-refractivity contribution < 1.29 is 26.7 Å². The molecule has 0 saturated carbocycles. The molecule has 0 aliphatic carbocycles. The second-order valence-corrected chi connectivity index (χ2v) is 12.2. The van der Waals surface area contributed by atoms with Crippen molar-refractivity contribution in [2.45, 2.75) is 32.3 Å². The van der Waals surface area contributed by atoms with Crippen LogP contribution in [0.25, 0.3) is 21.8 Å². The highest BCUT2D eigenvalue weighted by molar-refractivity contribution is 7.90. The van der Waals surface area contributed by atoms with Crippen molar-refractivity contribution in [3.63, 3.8) is 0 Å². The number of hydrogen-bond acceptors (Lipinski definition) is 6. The van der Waals surface area contributed by atoms with E-state index in [1.54, 1.807) is 12.1 Å². The maximum absolute atomic E-state index is 12.2. The normalized spacial score (nSPS) is 12.5. The van der Waals surface area contributed by atoms with Crippen molar-refractivity contribution in [2.75, 3.05) is 26.1 Å². The van der Waals surface area contributed by atoms with Gasteiger partial charge in [0, 0.05) is 22.5 Å². The molecule has 0 radical (unpaired) electrons. The summed E-state index contributed by atoms with van der Waals surface area (Å²) in [5.74, 6) is 0.597. The summed E-state index contributed by atoms with van der Waals surface area (Å²) < 4.78 is 49.4. The van der Waals surface area contributed by atoms with Gasteiger partial charge in [-0.05, 0) is 50.6 Å². The number of ether oxygens (including phenoxy) is 1. The fraction of sp³-hybridized carbons (Fsp3) is 0.308. The second-order valence-electron chi connectivity index (χ2n) is 7.96. The van der Waals surface area contributed by atoms with E-state index in [2.05, 4.69) is 4.98 Å². The van der Waals surface area contributed by atoms with Crippen LogP contribution in [-0.4, -0.2) is 39.5 Å². The van der Waals surface area contributed by atoms with Gasteiger partial charge in [-0.2, -0.15) is 13.6 Å². The number of hydrogen-bond donors (Lipinski definition) is 1. The van der Waals surface area contributed by atoms with Gasteiger partial charge in [-0.25, -0.2) is 8.42 Å². The van der Waals surface area contributed by atoms with Crippen LogP contribution in [0.2, 0.25) is 0 Å². The Balaban J connectivity index is 1.97. The van der Waals surface area contributed by atoms with Gasteiger partial charge in [0.05, 0.1) is 24.7 Å². The lowest BCUT2D eigenvalue weighted by Crippen LogP contribution is -2.23. The summed E-state index contributed by atoms with van der Waals surface area (Å²) in [7, 11) is -6.38. The summed E-state index contributed by atoms with van der Waals surface area (Å²) in [5.41, 5.74) is 2.48. The molecule has 1 heterocycles. The molecule has 1 aromatic heterocycles. The van der Waals surface area contributed by atoms with Gasteiger partial charge < -0.3 is 9.72 Å². The van der Waals surface area contributed by atoms with E-state index >= 15 is 0 Å². The molecule has 186 valence electrons. The predicted molar refractivity (Wildman–Crippen MR) is 141 cm³/mol. The Labute approximate surface area is 206 Å². The maximum atomic E-state index is 12.2. The van der Waals surface area contributed by atoms with Crippen LogP contribution in [0.3, 0.4) is 0 Å². The molecule has 4 aromatic rings. The molecule has 9 heteroatoms. The summed E-state index contributed by atoms with van der Waals surface area (Å²) in [6, 6.07) is 18.9. The average Bonchev–Trinajstić information content (AvgIpc) is 3.20. The molecule has 3 aromatic carbocycles. The van der Waals surface area contributed by atoms with Crippen molar-refractivity contribution >= 4 is 44.9 Å². The van der Waals surface area contributed by atoms with E-state index in [9.17, 15) is 8.42 Å². The molecular formula is C26H31NO6PS+. The third-order valence-electron chi connectivity index (χ3n) is 5.52. The first-order valence-electron chi connectivity index (χ1n) is 11.6. The second kappa shape index (κ2) is 10.6. The molecule has 0 aliphatic rings. The Hall–Kier alpha value is -2.48. The molecule has 1 N–H and O–H groups in total. The largest absolute Gasteiger partial charge is 0.484 e. The minimum absolute atomic E-state index is 0.249. The quantitative estimate of drug-likeness (QED) is 0.254. The number of H-pyrrole nitrogens is 1. The zero-order valence-electron chi connectivity index (χ0n) is 20.4. The van der Waals surface area contributed by atoms with Gasteiger partial charge in [0.15, 0.2) is 15.6 Å². The van der Waals surface area contributed by atoms with E-state index in [1.165, 1.54) is 6.26 Å². The number of sulfone groups is 1. The summed E-state index contributed by atoms with van der Waals surface area (Å²) in [5, 5.41) is 2.49. The van der Waals surface area contributed by atoms with Crippen LogP contribution < -0.4 is 10.0 Å². The molecule has 0 aliphatic heterocycles. The molecule has 0 atom stereocenters. The van der Waals surface area contributed by atoms with E-state index in [0.29, 0.717) is 43.0 Å². The Morgan fingerprint density at radius 2 is 1.46 bits per heavy atom. The molecule has 0 fully saturated rings. The highest BCUT2D eigenvalue weighted by atomic mass is 32.2. The van der Waals surface area contributed by atoms with E-state index in [-0.39, 0.29) is 4.90 Å². The van der Waals surface area contributed by atoms with Crippen LogP contribution in [0.4, 0.5) is 0 Å². The third-order valence-corrected chi connectivity index (χ3v) is 9.41. The highest BCUT2D eigenvalue weighted by Crippen LogP contribution is 2.63. The van der Waals surface area contributed by atoms with Crippen molar-refractivity contribution in [1.82, 2.24) is 4.98 Å². The van der Waals surface area contributed by atoms with E-state index < -0.39 is 17.8 Å². The molecule has 35 heavy (non-hydrogen) atoms. The van der Waals surface area contributed by atoms with Gasteiger partial charge in [-0.1, -0.05) is 36.4 Å². The number of nitrogens with one attached hydrogen (secondary N) is 1. The van der Waals surface area contributed by atoms with Gasteiger partial charge in [0.1, 0.15) is 12.1 Å². The molecule has 0 bridgehead atoms. The number of aromatic nitrogens is 1. The van der Waals surface area contributed by atoms with Gasteiger partial charge in [0.2, 0.25) is 5.30 Å². The molecule has 0 amide bonds. The molecule has 4 rings (SSSR count). The summed E-state index contributed by atoms with van der Waals surface area (Å²) in [4.78, 5) is 3.67. The zero-order valence-corrected chi connectivity index (χ0v) is 22.1. The number of rotatable bonds is 11. The van der Waals surface area contributed by atoms with Crippen LogP contribution in [0.1, 0.15) is 26.3 Å². The first kappa shape index (κ1) is 25.6. The van der Waals surface area contributed by atoms with Crippen LogP contribution >= 0.6 is 7.94 Å². The predicted octanol–water partition coefficient (Wildman–Crippen LogP) is 5.80. The van der Waals surface area contributed by atoms with Crippen LogP contribution in [0.5, 0.6) is 5.75 Å². The summed E-state index contributed by atoms with van der Waals surface area (Å²) >= 11 is 0. The Kier molecular flexibility index (Phi) is 7.79. The van der Waals surface area contributed by atoms with Gasteiger partial charge >= 0.3 is 7.94 Å². The monoisotopic (exact) mass is 516 g/mol. The van der Waals surface area contributed by atoms with Crippen molar-refractivity contribution in [1.29, 1.82) is 0 Å². The van der Waals surface area contributed by atoms with E-state index in [4.69, 9.17) is 18.3 Å². The molecule has 7 nitrogen and oxygen atoms in total. The van der Waals surface area contributed by atoms with Gasteiger partial charge in [-0.3, -0.25) is 0 Å². The van der Waals surface area contributed by atoms with Crippen molar-refractivity contribution in [3.8, 4) is 5.75 Å². The smallest absolute Gasteiger partial charge is 0.454 e. The first-order chi connectivity index (χ1) is 16.8. The molecule has 0 spiro atoms. The fourth-order valence-corrected chi connectivity index (χ4v) is 7.23. The topological polar surface area (TPSA) is 86.8 Å². The lowest BCUT2D eigenvalue weighted by atomic mass is 10.1. The summed E-state index contributed by atoms with van der Waals surface area (Å²) in [6.07, 6.45) is 1.20. The van der Waals surface area contributed by atoms with Crippen LogP contribution in [-0.2, 0) is 30.0 Å². The Bertz CT molecular complexity index is 1400. The molecular weight excluding hydrogens is 485 g/mol. The maximum Gasteiger partial charge on any atom is 0.454 e. The summed E-state index contributed by atoms with van der Waals surface area (Å²) in [6.45, 7) is 7.24. The first-order valence-corrected chi connectivity index (χ1v) is 15.0. The lowest BCUT2D eigenvalue weighted by Gasteiger charge is -2.23. The Morgan fingerprint density at radius 3 is 2.06 bits per heavy atom. The van der Waals surface area contributed by atoms with Crippen LogP contribution in [0, 0.1) is 0 Å². The molecule has 0 unspecified atom stereocenters. The highest BCUT2D eigenvalue weighted by Gasteiger charge is 2.52. The fourth-order valence-electron chi connectivity index (χ4n) is 4.09. The van der Waals surface area contributed by atoms with E-state index in [0.717, 1.165) is 21.9 Å². The van der Waals surface area contributed by atoms with Crippen molar-refractivity contribution in [3.05, 3.63) is 66.2 Å². The van der Waals surface area contributed by atoms with Crippen molar-refractivity contribution in [2.24, 2.45) is 0 Å². The zero-order chi connectivity index (χ0) is 25.1. The Morgan fingerprint density at radius 1 is 0.829 bits per heavy atom. The van der Waals surface area contributed by atoms with Crippen LogP contribution in [0.15, 0.2) is 65.6 Å². The third kappa shape index (κ3) is 5.22. The standard InChI is InChI=1S/C26H31NO6PS/c1-5-31-34(32-6-2,33-7-3)26-24(30-18-19-11-9-8-10-12-19)16-15-22-21-14-13-20(35(4,28)29)17-23(21)27-25(22)26/h8-17,27H,5-7,18H2,1-4H3/q+1. The number of fused-ring (bicyclic) bond motifs is 3. The minimum Gasteiger partial charge on any atom is -0.484 e. The SMILES string of the molecule is CCO[P+](OCC)(OCC)c1c(OCc2ccccc2)ccc2c1[nH]c1cc(S(C)(=O)=O)ccc12. The lowest BCUT2D eigenvalue weighted by molar-refractivity contribution is 0.160. The number of benzene rings is 3. The average molecular weight is 517 g/mol.